The van der Waals surface area contributed by atoms with Crippen LogP contribution in [0.2, 0.25) is 0 Å². The standard InChI is InChI=1S/C29H25FN4O/c1-17-23-11-10-22-26(18-6-5-7-20(30)14-18)33-34(25-12-13-32-24-9-4-3-8-21(24)25)28(22)29(23,2)15-19(16-31)27(17)35/h3-9,12-14,17,23,35H,10-11,15H2,1-2H3/t17-,23-,29-/m1/s1. The monoisotopic (exact) mass is 464 g/mol. The van der Waals surface area contributed by atoms with E-state index in [-0.39, 0.29) is 23.4 Å². The van der Waals surface area contributed by atoms with Gasteiger partial charge in [0.1, 0.15) is 11.6 Å². The fourth-order valence-electron chi connectivity index (χ4n) is 6.41. The molecule has 2 aliphatic rings. The highest BCUT2D eigenvalue weighted by atomic mass is 19.1. The largest absolute Gasteiger partial charge is 0.511 e. The average Bonchev–Trinajstić information content (AvgIpc) is 3.27. The van der Waals surface area contributed by atoms with Crippen LogP contribution in [0.4, 0.5) is 4.39 Å². The van der Waals surface area contributed by atoms with Crippen molar-refractivity contribution in [3.63, 3.8) is 0 Å². The van der Waals surface area contributed by atoms with Crippen molar-refractivity contribution in [1.82, 2.24) is 14.8 Å². The highest BCUT2D eigenvalue weighted by molar-refractivity contribution is 5.87. The molecule has 2 aromatic heterocycles. The van der Waals surface area contributed by atoms with E-state index in [1.807, 2.05) is 48.0 Å². The van der Waals surface area contributed by atoms with Crippen LogP contribution in [0.15, 0.2) is 72.1 Å². The molecule has 0 fully saturated rings. The van der Waals surface area contributed by atoms with E-state index in [0.29, 0.717) is 12.0 Å². The number of nitriles is 1. The van der Waals surface area contributed by atoms with Gasteiger partial charge in [0.05, 0.1) is 34.2 Å². The Bertz CT molecular complexity index is 1560. The zero-order chi connectivity index (χ0) is 24.3. The van der Waals surface area contributed by atoms with E-state index < -0.39 is 5.41 Å². The molecule has 6 heteroatoms. The van der Waals surface area contributed by atoms with Gasteiger partial charge in [-0.05, 0) is 49.4 Å². The third-order valence-corrected chi connectivity index (χ3v) is 8.02. The number of allylic oxidation sites excluding steroid dienone is 2. The van der Waals surface area contributed by atoms with Gasteiger partial charge < -0.3 is 5.11 Å². The molecule has 0 aliphatic heterocycles. The van der Waals surface area contributed by atoms with Crippen molar-refractivity contribution in [2.24, 2.45) is 11.8 Å². The predicted molar refractivity (Wildman–Crippen MR) is 132 cm³/mol. The van der Waals surface area contributed by atoms with Gasteiger partial charge in [-0.25, -0.2) is 9.07 Å². The van der Waals surface area contributed by atoms with E-state index in [1.54, 1.807) is 12.3 Å². The number of fused-ring (bicyclic) bond motifs is 4. The van der Waals surface area contributed by atoms with Crippen LogP contribution in [-0.4, -0.2) is 19.9 Å². The lowest BCUT2D eigenvalue weighted by molar-refractivity contribution is 0.134. The number of aliphatic hydroxyl groups excluding tert-OH is 1. The molecule has 2 aliphatic carbocycles. The number of aliphatic hydroxyl groups is 1. The fourth-order valence-corrected chi connectivity index (χ4v) is 6.41. The second kappa shape index (κ2) is 7.78. The number of halogens is 1. The minimum Gasteiger partial charge on any atom is -0.511 e. The van der Waals surface area contributed by atoms with Gasteiger partial charge in [0.2, 0.25) is 0 Å². The molecule has 2 aromatic carbocycles. The Morgan fingerprint density at radius 1 is 1.17 bits per heavy atom. The summed E-state index contributed by atoms with van der Waals surface area (Å²) >= 11 is 0. The Morgan fingerprint density at radius 3 is 2.80 bits per heavy atom. The van der Waals surface area contributed by atoms with Crippen LogP contribution in [0.25, 0.3) is 27.8 Å². The molecule has 35 heavy (non-hydrogen) atoms. The van der Waals surface area contributed by atoms with E-state index in [0.717, 1.165) is 51.9 Å². The molecule has 5 nitrogen and oxygen atoms in total. The number of pyridine rings is 1. The third-order valence-electron chi connectivity index (χ3n) is 8.02. The molecule has 0 saturated carbocycles. The quantitative estimate of drug-likeness (QED) is 0.371. The van der Waals surface area contributed by atoms with Gasteiger partial charge in [-0.15, -0.1) is 0 Å². The maximum atomic E-state index is 14.2. The third kappa shape index (κ3) is 3.11. The molecule has 0 spiro atoms. The Kier molecular flexibility index (Phi) is 4.79. The van der Waals surface area contributed by atoms with Crippen molar-refractivity contribution in [3.05, 3.63) is 89.2 Å². The molecule has 0 radical (unpaired) electrons. The van der Waals surface area contributed by atoms with Crippen LogP contribution in [0.5, 0.6) is 0 Å². The molecule has 1 N–H and O–H groups in total. The molecular formula is C29H25FN4O. The van der Waals surface area contributed by atoms with E-state index in [2.05, 4.69) is 18.0 Å². The minimum atomic E-state index is -0.423. The van der Waals surface area contributed by atoms with Gasteiger partial charge in [-0.2, -0.15) is 10.4 Å². The Labute approximate surface area is 203 Å². The van der Waals surface area contributed by atoms with Gasteiger partial charge in [-0.3, -0.25) is 4.98 Å². The van der Waals surface area contributed by atoms with Crippen LogP contribution < -0.4 is 0 Å². The van der Waals surface area contributed by atoms with Gasteiger partial charge in [-0.1, -0.05) is 44.2 Å². The van der Waals surface area contributed by atoms with E-state index in [1.165, 1.54) is 12.1 Å². The molecule has 3 atom stereocenters. The lowest BCUT2D eigenvalue weighted by Crippen LogP contribution is -2.45. The van der Waals surface area contributed by atoms with Crippen molar-refractivity contribution >= 4 is 10.9 Å². The van der Waals surface area contributed by atoms with Gasteiger partial charge >= 0.3 is 0 Å². The lowest BCUT2D eigenvalue weighted by atomic mass is 9.56. The van der Waals surface area contributed by atoms with E-state index >= 15 is 0 Å². The molecule has 6 rings (SSSR count). The molecule has 0 amide bonds. The number of hydrogen-bond donors (Lipinski definition) is 1. The smallest absolute Gasteiger partial charge is 0.123 e. The molecule has 0 saturated heterocycles. The number of aromatic nitrogens is 3. The molecule has 174 valence electrons. The summed E-state index contributed by atoms with van der Waals surface area (Å²) in [6.45, 7) is 4.20. The summed E-state index contributed by atoms with van der Waals surface area (Å²) in [7, 11) is 0. The number of nitrogens with zero attached hydrogens (tertiary/aromatic N) is 4. The molecule has 0 bridgehead atoms. The van der Waals surface area contributed by atoms with Crippen LogP contribution in [0.1, 0.15) is 37.9 Å². The number of hydrogen-bond acceptors (Lipinski definition) is 4. The normalized spacial score (nSPS) is 23.6. The zero-order valence-corrected chi connectivity index (χ0v) is 19.7. The average molecular weight is 465 g/mol. The maximum Gasteiger partial charge on any atom is 0.123 e. The number of para-hydroxylation sites is 1. The highest BCUT2D eigenvalue weighted by Crippen LogP contribution is 2.55. The second-order valence-corrected chi connectivity index (χ2v) is 9.95. The van der Waals surface area contributed by atoms with E-state index in [4.69, 9.17) is 5.10 Å². The van der Waals surface area contributed by atoms with Crippen molar-refractivity contribution in [2.45, 2.75) is 38.5 Å². The first-order valence-electron chi connectivity index (χ1n) is 12.0. The second-order valence-electron chi connectivity index (χ2n) is 9.95. The number of benzene rings is 2. The van der Waals surface area contributed by atoms with E-state index in [9.17, 15) is 14.8 Å². The van der Waals surface area contributed by atoms with Crippen LogP contribution in [0, 0.1) is 29.0 Å². The maximum absolute atomic E-state index is 14.2. The number of rotatable bonds is 2. The molecule has 0 unspecified atom stereocenters. The van der Waals surface area contributed by atoms with Crippen molar-refractivity contribution in [3.8, 4) is 23.0 Å². The lowest BCUT2D eigenvalue weighted by Gasteiger charge is -2.47. The van der Waals surface area contributed by atoms with Gasteiger partial charge in [0, 0.05) is 34.0 Å². The Morgan fingerprint density at radius 2 is 2.00 bits per heavy atom. The summed E-state index contributed by atoms with van der Waals surface area (Å²) in [5.41, 5.74) is 5.41. The summed E-state index contributed by atoms with van der Waals surface area (Å²) in [5.74, 6) is -0.0714. The Balaban J connectivity index is 1.68. The fraction of sp³-hybridized carbons (Fsp3) is 0.276. The first kappa shape index (κ1) is 21.5. The van der Waals surface area contributed by atoms with Crippen molar-refractivity contribution in [2.75, 3.05) is 0 Å². The summed E-state index contributed by atoms with van der Waals surface area (Å²) in [6, 6.07) is 18.7. The van der Waals surface area contributed by atoms with Crippen LogP contribution in [0.3, 0.4) is 0 Å². The molecule has 2 heterocycles. The van der Waals surface area contributed by atoms with Crippen LogP contribution >= 0.6 is 0 Å². The van der Waals surface area contributed by atoms with Crippen molar-refractivity contribution < 1.29 is 9.50 Å². The summed E-state index contributed by atoms with van der Waals surface area (Å²) in [6.07, 6.45) is 3.85. The first-order chi connectivity index (χ1) is 16.9. The zero-order valence-electron chi connectivity index (χ0n) is 19.7. The summed E-state index contributed by atoms with van der Waals surface area (Å²) < 4.78 is 16.2. The SMILES string of the molecule is C[C@H]1C(O)=C(C#N)C[C@@]2(C)c3c(c(-c4cccc(F)c4)nn3-c3ccnc4ccccc34)CC[C@H]12. The van der Waals surface area contributed by atoms with Crippen LogP contribution in [-0.2, 0) is 11.8 Å². The molecular weight excluding hydrogens is 439 g/mol. The van der Waals surface area contributed by atoms with Gasteiger partial charge in [0.25, 0.3) is 0 Å². The highest BCUT2D eigenvalue weighted by Gasteiger charge is 2.51. The topological polar surface area (TPSA) is 74.7 Å². The molecule has 4 aromatic rings. The minimum absolute atomic E-state index is 0.133. The van der Waals surface area contributed by atoms with Crippen molar-refractivity contribution in [1.29, 1.82) is 5.26 Å². The first-order valence-corrected chi connectivity index (χ1v) is 12.0. The van der Waals surface area contributed by atoms with Gasteiger partial charge in [0.15, 0.2) is 0 Å². The predicted octanol–water partition coefficient (Wildman–Crippen LogP) is 6.42. The Hall–Kier alpha value is -3.98. The summed E-state index contributed by atoms with van der Waals surface area (Å²) in [4.78, 5) is 4.53. The summed E-state index contributed by atoms with van der Waals surface area (Å²) in [5, 5.41) is 26.7.